The lowest BCUT2D eigenvalue weighted by Crippen LogP contribution is -2.02. The highest BCUT2D eigenvalue weighted by molar-refractivity contribution is 7.15. The maximum atomic E-state index is 12.3. The van der Waals surface area contributed by atoms with Gasteiger partial charge in [0.05, 0.1) is 34.9 Å². The molecule has 0 spiro atoms. The first-order chi connectivity index (χ1) is 15.0. The second-order valence-corrected chi connectivity index (χ2v) is 8.79. The fourth-order valence-corrected chi connectivity index (χ4v) is 4.68. The van der Waals surface area contributed by atoms with E-state index in [4.69, 9.17) is 4.99 Å². The van der Waals surface area contributed by atoms with Gasteiger partial charge in [-0.25, -0.2) is 4.98 Å². The summed E-state index contributed by atoms with van der Waals surface area (Å²) in [6.45, 7) is 6.65. The van der Waals surface area contributed by atoms with Crippen molar-refractivity contribution in [3.05, 3.63) is 87.8 Å². The number of aromatic nitrogens is 2. The van der Waals surface area contributed by atoms with Crippen molar-refractivity contribution < 1.29 is 4.79 Å². The number of fused-ring (bicyclic) bond motifs is 1. The van der Waals surface area contributed by atoms with Crippen LogP contribution in [0.3, 0.4) is 0 Å². The Hall–Kier alpha value is -3.18. The minimum absolute atomic E-state index is 0.211. The van der Waals surface area contributed by atoms with Crippen LogP contribution in [0.25, 0.3) is 16.5 Å². The third-order valence-corrected chi connectivity index (χ3v) is 6.53. The molecule has 31 heavy (non-hydrogen) atoms. The normalized spacial score (nSPS) is 13.5. The lowest BCUT2D eigenvalue weighted by molar-refractivity contribution is -0.117. The quantitative estimate of drug-likeness (QED) is 0.435. The first-order valence-electron chi connectivity index (χ1n) is 10.4. The molecule has 0 saturated carbocycles. The van der Waals surface area contributed by atoms with Gasteiger partial charge in [0.2, 0.25) is 0 Å². The molecule has 1 aliphatic rings. The van der Waals surface area contributed by atoms with Crippen LogP contribution in [0, 0.1) is 6.92 Å². The van der Waals surface area contributed by atoms with Crippen molar-refractivity contribution in [2.24, 2.45) is 4.99 Å². The summed E-state index contributed by atoms with van der Waals surface area (Å²) in [6.07, 6.45) is 8.69. The molecular formula is C26H25N3OS. The molecule has 0 amide bonds. The molecule has 0 saturated heterocycles. The van der Waals surface area contributed by atoms with E-state index >= 15 is 0 Å². The molecule has 1 aromatic carbocycles. The van der Waals surface area contributed by atoms with Crippen LogP contribution < -0.4 is 0 Å². The monoisotopic (exact) mass is 427 g/mol. The first-order valence-corrected chi connectivity index (χ1v) is 11.2. The summed E-state index contributed by atoms with van der Waals surface area (Å²) >= 11 is 1.62. The number of allylic oxidation sites excluding steroid dienone is 3. The zero-order chi connectivity index (χ0) is 21.8. The van der Waals surface area contributed by atoms with Crippen LogP contribution in [0.1, 0.15) is 47.8 Å². The third kappa shape index (κ3) is 4.94. The fourth-order valence-electron chi connectivity index (χ4n) is 3.59. The van der Waals surface area contributed by atoms with E-state index in [9.17, 15) is 4.79 Å². The molecule has 3 heterocycles. The summed E-state index contributed by atoms with van der Waals surface area (Å²) < 4.78 is 0. The largest absolute Gasteiger partial charge is 0.299 e. The van der Waals surface area contributed by atoms with Crippen LogP contribution in [0.15, 0.2) is 65.3 Å². The Morgan fingerprint density at radius 1 is 1.19 bits per heavy atom. The summed E-state index contributed by atoms with van der Waals surface area (Å²) in [7, 11) is 0. The van der Waals surface area contributed by atoms with E-state index in [0.717, 1.165) is 43.7 Å². The summed E-state index contributed by atoms with van der Waals surface area (Å²) in [6, 6.07) is 12.3. The van der Waals surface area contributed by atoms with Crippen molar-refractivity contribution in [3.63, 3.8) is 0 Å². The molecule has 0 unspecified atom stereocenters. The van der Waals surface area contributed by atoms with Gasteiger partial charge in [0.15, 0.2) is 0 Å². The molecule has 3 aromatic rings. The number of rotatable bonds is 7. The summed E-state index contributed by atoms with van der Waals surface area (Å²) in [4.78, 5) is 27.1. The number of benzene rings is 1. The van der Waals surface area contributed by atoms with E-state index in [1.165, 1.54) is 5.56 Å². The molecule has 0 bridgehead atoms. The number of thiazole rings is 1. The van der Waals surface area contributed by atoms with E-state index in [0.29, 0.717) is 19.4 Å². The standard InChI is InChI=1S/C26H25N3OS/c1-4-17(2)13-22(30)15-25-29-18(3)26(31-25)19-8-10-23-20(14-19)16-28-24(23)11-9-21-7-5-6-12-27-21/h4-12,14H,13,15-16H2,1-3H3/b11-9+,17-4+. The van der Waals surface area contributed by atoms with Gasteiger partial charge in [-0.05, 0) is 62.2 Å². The molecule has 4 rings (SSSR count). The number of carbonyl (C=O) groups excluding carboxylic acids is 1. The van der Waals surface area contributed by atoms with Gasteiger partial charge < -0.3 is 0 Å². The lowest BCUT2D eigenvalue weighted by atomic mass is 10.0. The van der Waals surface area contributed by atoms with Gasteiger partial charge in [-0.3, -0.25) is 14.8 Å². The van der Waals surface area contributed by atoms with Gasteiger partial charge in [-0.2, -0.15) is 0 Å². The molecule has 0 aliphatic carbocycles. The van der Waals surface area contributed by atoms with Gasteiger partial charge in [0.25, 0.3) is 0 Å². The zero-order valence-corrected chi connectivity index (χ0v) is 18.9. The van der Waals surface area contributed by atoms with Crippen molar-refractivity contribution in [2.75, 3.05) is 0 Å². The van der Waals surface area contributed by atoms with E-state index < -0.39 is 0 Å². The molecule has 0 N–H and O–H groups in total. The van der Waals surface area contributed by atoms with E-state index in [-0.39, 0.29) is 5.78 Å². The van der Waals surface area contributed by atoms with Gasteiger partial charge >= 0.3 is 0 Å². The maximum Gasteiger partial charge on any atom is 0.143 e. The van der Waals surface area contributed by atoms with Gasteiger partial charge in [0, 0.05) is 18.2 Å². The number of carbonyl (C=O) groups is 1. The fraction of sp³-hybridized carbons (Fsp3) is 0.231. The second-order valence-electron chi connectivity index (χ2n) is 7.71. The number of hydrogen-bond donors (Lipinski definition) is 0. The van der Waals surface area contributed by atoms with Gasteiger partial charge in [-0.15, -0.1) is 11.3 Å². The van der Waals surface area contributed by atoms with E-state index in [2.05, 4.69) is 28.2 Å². The Bertz CT molecular complexity index is 1200. The van der Waals surface area contributed by atoms with E-state index in [1.807, 2.05) is 57.2 Å². The van der Waals surface area contributed by atoms with Crippen LogP contribution in [-0.4, -0.2) is 21.5 Å². The van der Waals surface area contributed by atoms with Crippen molar-refractivity contribution in [1.82, 2.24) is 9.97 Å². The number of ketones is 1. The predicted octanol–water partition coefficient (Wildman–Crippen LogP) is 6.00. The molecule has 4 nitrogen and oxygen atoms in total. The SMILES string of the molecule is C/C=C(\C)CC(=O)Cc1nc(C)c(-c2ccc3c(c2)CN=C3/C=C/c2ccccn2)s1. The highest BCUT2D eigenvalue weighted by Crippen LogP contribution is 2.33. The Morgan fingerprint density at radius 2 is 2.06 bits per heavy atom. The van der Waals surface area contributed by atoms with Gasteiger partial charge in [0.1, 0.15) is 10.8 Å². The molecule has 156 valence electrons. The van der Waals surface area contributed by atoms with Crippen LogP contribution in [0.2, 0.25) is 0 Å². The Labute approximate surface area is 187 Å². The van der Waals surface area contributed by atoms with Gasteiger partial charge in [-0.1, -0.05) is 29.8 Å². The average Bonchev–Trinajstić information content (AvgIpc) is 3.35. The number of hydrogen-bond acceptors (Lipinski definition) is 5. The number of pyridine rings is 1. The minimum atomic E-state index is 0.211. The van der Waals surface area contributed by atoms with Crippen molar-refractivity contribution in [2.45, 2.75) is 40.2 Å². The predicted molar refractivity (Wildman–Crippen MR) is 129 cm³/mol. The van der Waals surface area contributed by atoms with Crippen LogP contribution in [0.5, 0.6) is 0 Å². The Morgan fingerprint density at radius 3 is 2.84 bits per heavy atom. The molecule has 0 radical (unpaired) electrons. The number of aryl methyl sites for hydroxylation is 1. The Balaban J connectivity index is 1.51. The first kappa shape index (κ1) is 21.1. The molecule has 1 aliphatic heterocycles. The zero-order valence-electron chi connectivity index (χ0n) is 18.1. The van der Waals surface area contributed by atoms with Crippen LogP contribution in [0.4, 0.5) is 0 Å². The number of Topliss-reactive ketones (excluding diaryl/α,β-unsaturated/α-hetero) is 1. The molecule has 5 heteroatoms. The highest BCUT2D eigenvalue weighted by atomic mass is 32.1. The maximum absolute atomic E-state index is 12.3. The summed E-state index contributed by atoms with van der Waals surface area (Å²) in [5, 5.41) is 0.886. The number of aliphatic imine (C=N–C) groups is 1. The second kappa shape index (κ2) is 9.31. The average molecular weight is 428 g/mol. The third-order valence-electron chi connectivity index (χ3n) is 5.32. The number of nitrogens with zero attached hydrogens (tertiary/aromatic N) is 3. The molecule has 2 aromatic heterocycles. The van der Waals surface area contributed by atoms with E-state index in [1.54, 1.807) is 17.5 Å². The van der Waals surface area contributed by atoms with Crippen molar-refractivity contribution >= 4 is 28.9 Å². The molecular weight excluding hydrogens is 402 g/mol. The highest BCUT2D eigenvalue weighted by Gasteiger charge is 2.18. The van der Waals surface area contributed by atoms with Crippen LogP contribution >= 0.6 is 11.3 Å². The minimum Gasteiger partial charge on any atom is -0.299 e. The summed E-state index contributed by atoms with van der Waals surface area (Å²) in [5.74, 6) is 0.211. The molecule has 0 fully saturated rings. The summed E-state index contributed by atoms with van der Waals surface area (Å²) in [5.41, 5.74) is 7.50. The Kier molecular flexibility index (Phi) is 6.33. The van der Waals surface area contributed by atoms with Crippen molar-refractivity contribution in [1.29, 1.82) is 0 Å². The van der Waals surface area contributed by atoms with Crippen LogP contribution in [-0.2, 0) is 17.8 Å². The van der Waals surface area contributed by atoms with Crippen molar-refractivity contribution in [3.8, 4) is 10.4 Å². The smallest absolute Gasteiger partial charge is 0.143 e. The topological polar surface area (TPSA) is 55.2 Å². The molecule has 0 atom stereocenters. The lowest BCUT2D eigenvalue weighted by Gasteiger charge is -2.04.